The lowest BCUT2D eigenvalue weighted by Gasteiger charge is -2.25. The van der Waals surface area contributed by atoms with Crippen LogP contribution in [0.4, 0.5) is 5.69 Å². The molecule has 8 nitrogen and oxygen atoms in total. The topological polar surface area (TPSA) is 128 Å². The van der Waals surface area contributed by atoms with Gasteiger partial charge in [0.1, 0.15) is 23.1 Å². The first-order valence-corrected chi connectivity index (χ1v) is 14.1. The Bertz CT molecular complexity index is 1770. The Morgan fingerprint density at radius 1 is 0.975 bits per heavy atom. The first kappa shape index (κ1) is 26.9. The smallest absolute Gasteiger partial charge is 0.318 e. The molecule has 2 atom stereocenters. The molecule has 9 heteroatoms. The Hall–Kier alpha value is -4.73. The lowest BCUT2D eigenvalue weighted by atomic mass is 9.77. The van der Waals surface area contributed by atoms with Gasteiger partial charge in [0.25, 0.3) is 15.9 Å². The van der Waals surface area contributed by atoms with E-state index in [4.69, 9.17) is 4.74 Å². The number of anilines is 1. The van der Waals surface area contributed by atoms with Crippen LogP contribution in [0.3, 0.4) is 0 Å². The van der Waals surface area contributed by atoms with E-state index in [2.05, 4.69) is 0 Å². The molecule has 0 radical (unpaired) electrons. The second kappa shape index (κ2) is 9.48. The van der Waals surface area contributed by atoms with Gasteiger partial charge >= 0.3 is 5.97 Å². The van der Waals surface area contributed by atoms with Crippen molar-refractivity contribution in [2.75, 3.05) is 10.9 Å². The average molecular weight is 552 g/mol. The minimum atomic E-state index is -4.39. The van der Waals surface area contributed by atoms with Gasteiger partial charge in [0.2, 0.25) is 0 Å². The van der Waals surface area contributed by atoms with Crippen LogP contribution in [0.2, 0.25) is 0 Å². The van der Waals surface area contributed by atoms with Crippen LogP contribution in [-0.4, -0.2) is 26.9 Å². The number of ether oxygens (including phenoxy) is 1. The molecule has 5 rings (SSSR count). The number of sulfonamides is 1. The number of rotatable bonds is 6. The van der Waals surface area contributed by atoms with Crippen LogP contribution in [-0.2, 0) is 29.8 Å². The Balaban J connectivity index is 1.83. The van der Waals surface area contributed by atoms with Gasteiger partial charge in [0, 0.05) is 5.57 Å². The molecule has 200 valence electrons. The summed E-state index contributed by atoms with van der Waals surface area (Å²) < 4.78 is 34.2. The van der Waals surface area contributed by atoms with Crippen molar-refractivity contribution in [2.24, 2.45) is 5.41 Å². The third-order valence-electron chi connectivity index (χ3n) is 7.66. The number of amides is 1. The number of hydrogen-bond donors (Lipinski definition) is 0. The van der Waals surface area contributed by atoms with Crippen molar-refractivity contribution in [2.45, 2.75) is 37.5 Å². The summed E-state index contributed by atoms with van der Waals surface area (Å²) >= 11 is 0. The summed E-state index contributed by atoms with van der Waals surface area (Å²) in [6.07, 6.45) is -0.162. The maximum Gasteiger partial charge on any atom is 0.318 e. The molecule has 0 saturated heterocycles. The van der Waals surface area contributed by atoms with Crippen molar-refractivity contribution < 1.29 is 22.7 Å². The molecular weight excluding hydrogens is 526 g/mol. The number of nitriles is 2. The fourth-order valence-corrected chi connectivity index (χ4v) is 7.29. The van der Waals surface area contributed by atoms with Crippen molar-refractivity contribution in [1.29, 1.82) is 10.5 Å². The molecule has 3 aromatic rings. The molecule has 1 spiro atoms. The van der Waals surface area contributed by atoms with E-state index in [-0.39, 0.29) is 34.8 Å². The zero-order valence-electron chi connectivity index (χ0n) is 22.1. The summed E-state index contributed by atoms with van der Waals surface area (Å²) in [4.78, 5) is 28.4. The zero-order valence-corrected chi connectivity index (χ0v) is 23.0. The van der Waals surface area contributed by atoms with Gasteiger partial charge in [0.05, 0.1) is 22.6 Å². The Morgan fingerprint density at radius 2 is 1.60 bits per heavy atom. The van der Waals surface area contributed by atoms with Crippen molar-refractivity contribution in [1.82, 2.24) is 0 Å². The van der Waals surface area contributed by atoms with E-state index in [0.717, 1.165) is 15.4 Å². The monoisotopic (exact) mass is 551 g/mol. The fourth-order valence-electron chi connectivity index (χ4n) is 5.81. The fraction of sp³-hybridized carbons (Fsp3) is 0.226. The summed E-state index contributed by atoms with van der Waals surface area (Å²) in [7, 11) is -4.39. The third kappa shape index (κ3) is 3.59. The van der Waals surface area contributed by atoms with E-state index < -0.39 is 32.7 Å². The normalized spacial score (nSPS) is 20.8. The highest BCUT2D eigenvalue weighted by molar-refractivity contribution is 7.93. The maximum absolute atomic E-state index is 14.6. The van der Waals surface area contributed by atoms with E-state index in [0.29, 0.717) is 11.1 Å². The van der Waals surface area contributed by atoms with Gasteiger partial charge in [-0.05, 0) is 56.5 Å². The van der Waals surface area contributed by atoms with Gasteiger partial charge in [-0.25, -0.2) is 12.7 Å². The molecule has 0 aromatic heterocycles. The third-order valence-corrected chi connectivity index (χ3v) is 9.37. The predicted molar refractivity (Wildman–Crippen MR) is 147 cm³/mol. The first-order chi connectivity index (χ1) is 19.1. The maximum atomic E-state index is 14.6. The summed E-state index contributed by atoms with van der Waals surface area (Å²) in [6.45, 7) is 5.22. The minimum Gasteiger partial charge on any atom is -0.465 e. The number of aryl methyl sites for hydroxylation is 2. The summed E-state index contributed by atoms with van der Waals surface area (Å²) in [5.74, 6) is -1.63. The second-order valence-corrected chi connectivity index (χ2v) is 11.7. The number of esters is 1. The van der Waals surface area contributed by atoms with Crippen molar-refractivity contribution in [3.8, 4) is 12.1 Å². The standard InChI is InChI=1S/C31H25N3O5S/c1-4-39-29(36)31(27(23(17-32)18-33)22-8-6-5-7-9-22)19-30(31)25-16-21(3)12-15-26(25)34(28(30)35)40(37,38)24-13-10-20(2)11-14-24/h5-16H,4,19H2,1-3H3/t30-,31-/m0/s1. The predicted octanol–water partition coefficient (Wildman–Crippen LogP) is 4.73. The van der Waals surface area contributed by atoms with Crippen LogP contribution in [0.25, 0.3) is 5.57 Å². The lowest BCUT2D eigenvalue weighted by molar-refractivity contribution is -0.149. The van der Waals surface area contributed by atoms with Crippen LogP contribution < -0.4 is 4.31 Å². The largest absolute Gasteiger partial charge is 0.465 e. The Morgan fingerprint density at radius 3 is 2.20 bits per heavy atom. The highest BCUT2D eigenvalue weighted by Gasteiger charge is 2.83. The number of nitrogens with zero attached hydrogens (tertiary/aromatic N) is 3. The van der Waals surface area contributed by atoms with Gasteiger partial charge < -0.3 is 4.74 Å². The second-order valence-electron chi connectivity index (χ2n) is 9.96. The molecule has 0 N–H and O–H groups in total. The van der Waals surface area contributed by atoms with Crippen LogP contribution in [0.5, 0.6) is 0 Å². The molecule has 1 fully saturated rings. The number of carbonyl (C=O) groups is 2. The molecule has 3 aromatic carbocycles. The minimum absolute atomic E-state index is 0.0204. The summed E-state index contributed by atoms with van der Waals surface area (Å²) in [5.41, 5.74) is -1.35. The SMILES string of the molecule is CCOC(=O)[C@@]1(C(=C(C#N)C#N)c2ccccc2)C[C@]12C(=O)N(S(=O)(=O)c1ccc(C)cc1)c1ccc(C)cc12. The highest BCUT2D eigenvalue weighted by atomic mass is 32.2. The van der Waals surface area contributed by atoms with Gasteiger partial charge in [-0.15, -0.1) is 0 Å². The van der Waals surface area contributed by atoms with Gasteiger partial charge in [-0.1, -0.05) is 65.7 Å². The van der Waals surface area contributed by atoms with Gasteiger partial charge in [-0.2, -0.15) is 10.5 Å². The molecule has 1 amide bonds. The number of carbonyl (C=O) groups excluding carboxylic acids is 2. The Labute approximate surface area is 232 Å². The first-order valence-electron chi connectivity index (χ1n) is 12.6. The van der Waals surface area contributed by atoms with Crippen molar-refractivity contribution in [3.05, 3.63) is 101 Å². The number of fused-ring (bicyclic) bond motifs is 2. The van der Waals surface area contributed by atoms with Crippen LogP contribution in [0.15, 0.2) is 83.3 Å². The van der Waals surface area contributed by atoms with Gasteiger partial charge in [-0.3, -0.25) is 9.59 Å². The van der Waals surface area contributed by atoms with Gasteiger partial charge in [0.15, 0.2) is 0 Å². The zero-order chi connectivity index (χ0) is 28.9. The van der Waals surface area contributed by atoms with E-state index in [9.17, 15) is 28.5 Å². The van der Waals surface area contributed by atoms with Crippen LogP contribution in [0.1, 0.15) is 35.6 Å². The molecule has 40 heavy (non-hydrogen) atoms. The molecule has 0 bridgehead atoms. The van der Waals surface area contributed by atoms with E-state index in [1.165, 1.54) is 12.1 Å². The molecule has 1 heterocycles. The van der Waals surface area contributed by atoms with Crippen LogP contribution >= 0.6 is 0 Å². The van der Waals surface area contributed by atoms with E-state index in [1.807, 2.05) is 19.1 Å². The number of hydrogen-bond acceptors (Lipinski definition) is 7. The van der Waals surface area contributed by atoms with Crippen LogP contribution in [0, 0.1) is 41.9 Å². The molecule has 1 aliphatic carbocycles. The molecular formula is C31H25N3O5S. The molecule has 0 unspecified atom stereocenters. The van der Waals surface area contributed by atoms with Crippen molar-refractivity contribution in [3.63, 3.8) is 0 Å². The highest BCUT2D eigenvalue weighted by Crippen LogP contribution is 2.75. The Kier molecular flexibility index (Phi) is 6.36. The summed E-state index contributed by atoms with van der Waals surface area (Å²) in [6, 6.07) is 23.3. The number of benzene rings is 3. The van der Waals surface area contributed by atoms with E-state index >= 15 is 0 Å². The quantitative estimate of drug-likeness (QED) is 0.320. The average Bonchev–Trinajstić information content (AvgIpc) is 3.58. The number of allylic oxidation sites excluding steroid dienone is 1. The van der Waals surface area contributed by atoms with E-state index in [1.54, 1.807) is 74.5 Å². The lowest BCUT2D eigenvalue weighted by Crippen LogP contribution is -2.41. The summed E-state index contributed by atoms with van der Waals surface area (Å²) in [5, 5.41) is 20.0. The molecule has 1 aliphatic heterocycles. The molecule has 2 aliphatic rings. The molecule has 1 saturated carbocycles. The van der Waals surface area contributed by atoms with Crippen molar-refractivity contribution >= 4 is 33.2 Å².